The van der Waals surface area contributed by atoms with Crippen LogP contribution in [0.3, 0.4) is 0 Å². The molecule has 0 saturated carbocycles. The molecule has 0 atom stereocenters. The number of allylic oxidation sites excluding steroid dienone is 2. The summed E-state index contributed by atoms with van der Waals surface area (Å²) in [4.78, 5) is 14.2. The normalized spacial score (nSPS) is 14.0. The van der Waals surface area contributed by atoms with Gasteiger partial charge in [-0.1, -0.05) is 49.1 Å². The van der Waals surface area contributed by atoms with Crippen LogP contribution in [0.25, 0.3) is 33.7 Å². The average molecular weight is 420 g/mol. The van der Waals surface area contributed by atoms with Gasteiger partial charge in [0.05, 0.1) is 11.3 Å². The van der Waals surface area contributed by atoms with E-state index in [2.05, 4.69) is 46.5 Å². The van der Waals surface area contributed by atoms with E-state index in [1.165, 1.54) is 17.5 Å². The van der Waals surface area contributed by atoms with Crippen molar-refractivity contribution in [1.29, 1.82) is 0 Å². The summed E-state index contributed by atoms with van der Waals surface area (Å²) in [5.74, 6) is 1.12. The number of hydrogen-bond acceptors (Lipinski definition) is 3. The lowest BCUT2D eigenvalue weighted by Crippen LogP contribution is -2.17. The van der Waals surface area contributed by atoms with Crippen LogP contribution in [0.1, 0.15) is 23.4 Å². The Kier molecular flexibility index (Phi) is 5.15. The van der Waals surface area contributed by atoms with Crippen molar-refractivity contribution in [3.8, 4) is 16.9 Å². The Morgan fingerprint density at radius 3 is 2.62 bits per heavy atom. The molecular formula is C27H25N5. The summed E-state index contributed by atoms with van der Waals surface area (Å²) in [7, 11) is 1.68. The minimum atomic E-state index is 0.408. The van der Waals surface area contributed by atoms with Gasteiger partial charge in [0.1, 0.15) is 11.4 Å². The monoisotopic (exact) mass is 419 g/mol. The molecule has 0 radical (unpaired) electrons. The molecule has 2 N–H and O–H groups in total. The molecule has 0 unspecified atom stereocenters. The maximum Gasteiger partial charge on any atom is 0.165 e. The average Bonchev–Trinajstić information content (AvgIpc) is 3.46. The van der Waals surface area contributed by atoms with Gasteiger partial charge in [-0.15, -0.1) is 0 Å². The predicted octanol–water partition coefficient (Wildman–Crippen LogP) is 5.13. The van der Waals surface area contributed by atoms with Crippen LogP contribution in [0.2, 0.25) is 0 Å². The third-order valence-corrected chi connectivity index (χ3v) is 5.96. The molecule has 0 spiro atoms. The maximum absolute atomic E-state index is 6.28. The van der Waals surface area contributed by atoms with E-state index >= 15 is 0 Å². The largest absolute Gasteiger partial charge is 0.383 e. The van der Waals surface area contributed by atoms with Crippen molar-refractivity contribution in [2.75, 3.05) is 7.05 Å². The van der Waals surface area contributed by atoms with E-state index in [1.807, 2.05) is 36.4 Å². The number of rotatable bonds is 5. The summed E-state index contributed by atoms with van der Waals surface area (Å²) < 4.78 is 2.09. The van der Waals surface area contributed by atoms with Crippen LogP contribution in [-0.2, 0) is 12.8 Å². The molecule has 1 aliphatic rings. The van der Waals surface area contributed by atoms with Crippen LogP contribution >= 0.6 is 0 Å². The molecule has 0 aliphatic heterocycles. The Bertz CT molecular complexity index is 1380. The molecule has 0 bridgehead atoms. The van der Waals surface area contributed by atoms with Gasteiger partial charge in [0.15, 0.2) is 11.5 Å². The second kappa shape index (κ2) is 8.27. The van der Waals surface area contributed by atoms with Crippen molar-refractivity contribution < 1.29 is 0 Å². The van der Waals surface area contributed by atoms with Crippen molar-refractivity contribution in [2.24, 2.45) is 10.7 Å². The van der Waals surface area contributed by atoms with E-state index in [0.717, 1.165) is 46.5 Å². The molecule has 158 valence electrons. The van der Waals surface area contributed by atoms with E-state index in [1.54, 1.807) is 13.1 Å². The molecule has 5 nitrogen and oxygen atoms in total. The first kappa shape index (κ1) is 19.9. The van der Waals surface area contributed by atoms with Gasteiger partial charge in [-0.25, -0.2) is 9.97 Å². The van der Waals surface area contributed by atoms with Crippen LogP contribution < -0.4 is 5.73 Å². The Morgan fingerprint density at radius 1 is 1.03 bits per heavy atom. The maximum atomic E-state index is 6.28. The molecule has 5 rings (SSSR count). The molecule has 4 aromatic rings. The smallest absolute Gasteiger partial charge is 0.165 e. The molecule has 2 aromatic heterocycles. The van der Waals surface area contributed by atoms with Gasteiger partial charge in [0.2, 0.25) is 0 Å². The highest BCUT2D eigenvalue weighted by Gasteiger charge is 2.21. The number of amidine groups is 1. The van der Waals surface area contributed by atoms with Crippen molar-refractivity contribution >= 4 is 22.6 Å². The third kappa shape index (κ3) is 3.42. The number of nitrogens with zero attached hydrogens (tertiary/aromatic N) is 4. The van der Waals surface area contributed by atoms with Crippen LogP contribution in [0.4, 0.5) is 0 Å². The number of fused-ring (bicyclic) bond motifs is 2. The van der Waals surface area contributed by atoms with Crippen LogP contribution in [-0.4, -0.2) is 27.4 Å². The van der Waals surface area contributed by atoms with Crippen LogP contribution in [0.5, 0.6) is 0 Å². The number of pyridine rings is 1. The SMILES string of the molecule is C=C/C=C(\C(N)=NC)c1nc2ccc(-c3ccccc3)nc2n1-c1ccc2c(c1)CCC2. The Labute approximate surface area is 187 Å². The quantitative estimate of drug-likeness (QED) is 0.277. The lowest BCUT2D eigenvalue weighted by Gasteiger charge is -2.13. The minimum absolute atomic E-state index is 0.408. The van der Waals surface area contributed by atoms with Crippen molar-refractivity contribution in [3.63, 3.8) is 0 Å². The molecule has 0 amide bonds. The minimum Gasteiger partial charge on any atom is -0.383 e. The summed E-state index contributed by atoms with van der Waals surface area (Å²) in [6.07, 6.45) is 7.00. The highest BCUT2D eigenvalue weighted by atomic mass is 15.1. The fraction of sp³-hybridized carbons (Fsp3) is 0.148. The summed E-state index contributed by atoms with van der Waals surface area (Å²) in [5, 5.41) is 0. The topological polar surface area (TPSA) is 69.1 Å². The molecule has 0 saturated heterocycles. The van der Waals surface area contributed by atoms with E-state index in [4.69, 9.17) is 15.7 Å². The van der Waals surface area contributed by atoms with Crippen LogP contribution in [0, 0.1) is 0 Å². The first-order chi connectivity index (χ1) is 15.7. The van der Waals surface area contributed by atoms with E-state index in [9.17, 15) is 0 Å². The number of aryl methyl sites for hydroxylation is 2. The Morgan fingerprint density at radius 2 is 1.84 bits per heavy atom. The Balaban J connectivity index is 1.80. The third-order valence-electron chi connectivity index (χ3n) is 5.96. The summed E-state index contributed by atoms with van der Waals surface area (Å²) >= 11 is 0. The highest BCUT2D eigenvalue weighted by molar-refractivity contribution is 6.21. The number of hydrogen-bond donors (Lipinski definition) is 1. The highest BCUT2D eigenvalue weighted by Crippen LogP contribution is 2.30. The molecule has 32 heavy (non-hydrogen) atoms. The lowest BCUT2D eigenvalue weighted by molar-refractivity contribution is 0.911. The fourth-order valence-corrected chi connectivity index (χ4v) is 4.36. The molecule has 1 aliphatic carbocycles. The van der Waals surface area contributed by atoms with Crippen molar-refractivity contribution in [3.05, 3.63) is 96.3 Å². The first-order valence-electron chi connectivity index (χ1n) is 10.8. The van der Waals surface area contributed by atoms with Gasteiger partial charge in [-0.3, -0.25) is 9.56 Å². The zero-order valence-corrected chi connectivity index (χ0v) is 18.1. The Hall–Kier alpha value is -3.99. The molecule has 5 heteroatoms. The first-order valence-corrected chi connectivity index (χ1v) is 10.8. The summed E-state index contributed by atoms with van der Waals surface area (Å²) in [6.45, 7) is 3.86. The van der Waals surface area contributed by atoms with Crippen molar-refractivity contribution in [1.82, 2.24) is 14.5 Å². The predicted molar refractivity (Wildman–Crippen MR) is 132 cm³/mol. The number of aromatic nitrogens is 3. The second-order valence-corrected chi connectivity index (χ2v) is 7.91. The van der Waals surface area contributed by atoms with Crippen LogP contribution in [0.15, 0.2) is 84.4 Å². The van der Waals surface area contributed by atoms with E-state index < -0.39 is 0 Å². The summed E-state index contributed by atoms with van der Waals surface area (Å²) in [6, 6.07) is 20.8. The number of imidazole rings is 1. The molecule has 2 heterocycles. The van der Waals surface area contributed by atoms with Gasteiger partial charge in [-0.2, -0.15) is 0 Å². The molecule has 2 aromatic carbocycles. The zero-order valence-electron chi connectivity index (χ0n) is 18.1. The van der Waals surface area contributed by atoms with Gasteiger partial charge < -0.3 is 5.73 Å². The van der Waals surface area contributed by atoms with Gasteiger partial charge in [0, 0.05) is 18.3 Å². The van der Waals surface area contributed by atoms with Gasteiger partial charge >= 0.3 is 0 Å². The van der Waals surface area contributed by atoms with Gasteiger partial charge in [0.25, 0.3) is 0 Å². The van der Waals surface area contributed by atoms with Crippen molar-refractivity contribution in [2.45, 2.75) is 19.3 Å². The number of aliphatic imine (C=N–C) groups is 1. The van der Waals surface area contributed by atoms with Gasteiger partial charge in [-0.05, 0) is 60.7 Å². The molecular weight excluding hydrogens is 394 g/mol. The molecule has 0 fully saturated rings. The summed E-state index contributed by atoms with van der Waals surface area (Å²) in [5.41, 5.74) is 14.4. The standard InChI is InChI=1S/C27H25N5/c1-3-8-22(25(28)29-2)26-31-24-16-15-23(19-9-5-4-6-10-19)30-27(24)32(26)21-14-13-18-11-7-12-20(18)17-21/h3-6,8-10,13-17H,1,7,11-12H2,2H3,(H2,28,29)/b22-8+. The van der Waals surface area contributed by atoms with E-state index in [0.29, 0.717) is 11.7 Å². The fourth-order valence-electron chi connectivity index (χ4n) is 4.36. The second-order valence-electron chi connectivity index (χ2n) is 7.91. The lowest BCUT2D eigenvalue weighted by atomic mass is 10.1. The van der Waals surface area contributed by atoms with E-state index in [-0.39, 0.29) is 0 Å². The number of nitrogens with two attached hydrogens (primary N) is 1. The zero-order chi connectivity index (χ0) is 22.1. The number of benzene rings is 2.